The number of halogens is 1. The van der Waals surface area contributed by atoms with Crippen molar-refractivity contribution in [2.75, 3.05) is 7.11 Å². The second-order valence-corrected chi connectivity index (χ2v) is 10.3. The van der Waals surface area contributed by atoms with Crippen LogP contribution in [0.1, 0.15) is 29.2 Å². The zero-order valence-electron chi connectivity index (χ0n) is 18.6. The Hall–Kier alpha value is -3.42. The van der Waals surface area contributed by atoms with Gasteiger partial charge in [0, 0.05) is 17.4 Å². The molecule has 1 aliphatic rings. The minimum Gasteiger partial charge on any atom is -0.497 e. The van der Waals surface area contributed by atoms with E-state index < -0.39 is 16.1 Å². The first-order chi connectivity index (χ1) is 16.4. The van der Waals surface area contributed by atoms with E-state index in [1.54, 1.807) is 37.4 Å². The normalized spacial score (nSPS) is 16.0. The summed E-state index contributed by atoms with van der Waals surface area (Å²) in [6, 6.07) is 22.9. The molecule has 5 rings (SSSR count). The Labute approximate surface area is 203 Å². The number of aromatic nitrogens is 1. The van der Waals surface area contributed by atoms with Gasteiger partial charge in [-0.1, -0.05) is 41.9 Å². The van der Waals surface area contributed by atoms with Crippen LogP contribution in [0.4, 0.5) is 0 Å². The molecular weight excluding hydrogens is 470 g/mol. The van der Waals surface area contributed by atoms with Crippen molar-refractivity contribution < 1.29 is 13.2 Å². The van der Waals surface area contributed by atoms with Crippen molar-refractivity contribution in [1.82, 2.24) is 9.40 Å². The predicted molar refractivity (Wildman–Crippen MR) is 134 cm³/mol. The number of benzene rings is 3. The molecule has 0 saturated carbocycles. The smallest absolute Gasteiger partial charge is 0.279 e. The standard InChI is InChI=1S/C26H22ClN3O3S/c1-17-8-9-19-15-22(26(27)28-23(19)14-17)25-16-24(18-10-12-20(33-2)13-11-18)29-30(25)34(31,32)21-6-4-3-5-7-21/h3-15,25H,16H2,1-2H3/t25-/m0/s1. The van der Waals surface area contributed by atoms with E-state index in [-0.39, 0.29) is 10.0 Å². The molecule has 0 N–H and O–H groups in total. The summed E-state index contributed by atoms with van der Waals surface area (Å²) in [6.45, 7) is 1.99. The number of hydrogen-bond donors (Lipinski definition) is 0. The van der Waals surface area contributed by atoms with Crippen LogP contribution in [0.5, 0.6) is 5.75 Å². The number of hydrazone groups is 1. The Morgan fingerprint density at radius 3 is 2.44 bits per heavy atom. The molecule has 8 heteroatoms. The van der Waals surface area contributed by atoms with Crippen molar-refractivity contribution in [2.24, 2.45) is 5.10 Å². The van der Waals surface area contributed by atoms with Gasteiger partial charge in [-0.15, -0.1) is 0 Å². The third-order valence-corrected chi connectivity index (χ3v) is 7.90. The summed E-state index contributed by atoms with van der Waals surface area (Å²) in [5.41, 5.74) is 3.91. The van der Waals surface area contributed by atoms with Gasteiger partial charge in [-0.25, -0.2) is 4.98 Å². The van der Waals surface area contributed by atoms with Gasteiger partial charge in [-0.2, -0.15) is 17.9 Å². The van der Waals surface area contributed by atoms with Crippen LogP contribution in [-0.4, -0.2) is 30.6 Å². The largest absolute Gasteiger partial charge is 0.497 e. The summed E-state index contributed by atoms with van der Waals surface area (Å²) in [6.07, 6.45) is 0.358. The first-order valence-corrected chi connectivity index (χ1v) is 12.6. The van der Waals surface area contributed by atoms with Gasteiger partial charge in [0.05, 0.1) is 29.3 Å². The molecule has 1 aliphatic heterocycles. The van der Waals surface area contributed by atoms with Crippen molar-refractivity contribution in [2.45, 2.75) is 24.3 Å². The number of aryl methyl sites for hydroxylation is 1. The van der Waals surface area contributed by atoms with E-state index in [1.807, 2.05) is 55.5 Å². The zero-order chi connectivity index (χ0) is 23.9. The van der Waals surface area contributed by atoms with Crippen molar-refractivity contribution in [3.05, 3.63) is 101 Å². The van der Waals surface area contributed by atoms with Crippen LogP contribution in [0, 0.1) is 6.92 Å². The Kier molecular flexibility index (Phi) is 5.75. The summed E-state index contributed by atoms with van der Waals surface area (Å²) < 4.78 is 33.7. The molecule has 0 saturated heterocycles. The molecule has 3 aromatic carbocycles. The molecule has 1 atom stereocenters. The molecule has 0 amide bonds. The molecule has 0 aliphatic carbocycles. The number of ether oxygens (including phenoxy) is 1. The van der Waals surface area contributed by atoms with Crippen LogP contribution in [0.15, 0.2) is 88.9 Å². The number of fused-ring (bicyclic) bond motifs is 1. The maximum Gasteiger partial charge on any atom is 0.279 e. The van der Waals surface area contributed by atoms with E-state index in [2.05, 4.69) is 10.1 Å². The monoisotopic (exact) mass is 491 g/mol. The summed E-state index contributed by atoms with van der Waals surface area (Å²) in [5.74, 6) is 0.713. The zero-order valence-corrected chi connectivity index (χ0v) is 20.2. The molecule has 6 nitrogen and oxygen atoms in total. The maximum atomic E-state index is 13.7. The Balaban J connectivity index is 1.64. The minimum absolute atomic E-state index is 0.167. The first kappa shape index (κ1) is 22.4. The number of rotatable bonds is 5. The highest BCUT2D eigenvalue weighted by molar-refractivity contribution is 7.89. The summed E-state index contributed by atoms with van der Waals surface area (Å²) in [7, 11) is -2.33. The molecular formula is C26H22ClN3O3S. The van der Waals surface area contributed by atoms with Gasteiger partial charge >= 0.3 is 0 Å². The molecule has 0 bridgehead atoms. The Bertz CT molecular complexity index is 1500. The van der Waals surface area contributed by atoms with Gasteiger partial charge in [-0.3, -0.25) is 0 Å². The molecule has 0 unspecified atom stereocenters. The van der Waals surface area contributed by atoms with Crippen LogP contribution < -0.4 is 4.74 Å². The predicted octanol–water partition coefficient (Wildman–Crippen LogP) is 5.75. The highest BCUT2D eigenvalue weighted by Gasteiger charge is 2.39. The first-order valence-electron chi connectivity index (χ1n) is 10.7. The molecule has 0 spiro atoms. The minimum atomic E-state index is -3.93. The van der Waals surface area contributed by atoms with Crippen LogP contribution >= 0.6 is 11.6 Å². The molecule has 2 heterocycles. The van der Waals surface area contributed by atoms with E-state index >= 15 is 0 Å². The molecule has 172 valence electrons. The van der Waals surface area contributed by atoms with E-state index in [0.29, 0.717) is 23.4 Å². The lowest BCUT2D eigenvalue weighted by Gasteiger charge is -2.24. The van der Waals surface area contributed by atoms with Crippen LogP contribution in [0.3, 0.4) is 0 Å². The number of pyridine rings is 1. The summed E-state index contributed by atoms with van der Waals surface area (Å²) in [5, 5.41) is 5.74. The van der Waals surface area contributed by atoms with E-state index in [9.17, 15) is 8.42 Å². The van der Waals surface area contributed by atoms with Crippen molar-refractivity contribution >= 4 is 38.2 Å². The summed E-state index contributed by atoms with van der Waals surface area (Å²) >= 11 is 6.63. The molecule has 34 heavy (non-hydrogen) atoms. The SMILES string of the molecule is COc1ccc(C2=NN(S(=O)(=O)c3ccccc3)[C@H](c3cc4ccc(C)cc4nc3Cl)C2)cc1. The fourth-order valence-electron chi connectivity index (χ4n) is 4.10. The Morgan fingerprint density at radius 2 is 1.74 bits per heavy atom. The van der Waals surface area contributed by atoms with Crippen molar-refractivity contribution in [1.29, 1.82) is 0 Å². The van der Waals surface area contributed by atoms with E-state index in [4.69, 9.17) is 16.3 Å². The van der Waals surface area contributed by atoms with Gasteiger partial charge in [0.2, 0.25) is 0 Å². The number of hydrogen-bond acceptors (Lipinski definition) is 5. The lowest BCUT2D eigenvalue weighted by molar-refractivity contribution is 0.371. The van der Waals surface area contributed by atoms with Gasteiger partial charge in [0.15, 0.2) is 0 Å². The highest BCUT2D eigenvalue weighted by atomic mass is 35.5. The summed E-state index contributed by atoms with van der Waals surface area (Å²) in [4.78, 5) is 4.73. The second-order valence-electron chi connectivity index (χ2n) is 8.15. The van der Waals surface area contributed by atoms with Gasteiger partial charge in [0.25, 0.3) is 10.0 Å². The van der Waals surface area contributed by atoms with Gasteiger partial charge < -0.3 is 4.74 Å². The third-order valence-electron chi connectivity index (χ3n) is 5.90. The fraction of sp³-hybridized carbons (Fsp3) is 0.154. The number of nitrogens with zero attached hydrogens (tertiary/aromatic N) is 3. The van der Waals surface area contributed by atoms with E-state index in [0.717, 1.165) is 22.0 Å². The Morgan fingerprint density at radius 1 is 1.00 bits per heavy atom. The quantitative estimate of drug-likeness (QED) is 0.333. The van der Waals surface area contributed by atoms with Gasteiger partial charge in [0.1, 0.15) is 10.9 Å². The average molecular weight is 492 g/mol. The average Bonchev–Trinajstić information content (AvgIpc) is 3.30. The van der Waals surface area contributed by atoms with Gasteiger partial charge in [-0.05, 0) is 66.6 Å². The fourth-order valence-corrected chi connectivity index (χ4v) is 5.82. The molecule has 0 radical (unpaired) electrons. The topological polar surface area (TPSA) is 71.9 Å². The van der Waals surface area contributed by atoms with Crippen molar-refractivity contribution in [3.63, 3.8) is 0 Å². The lowest BCUT2D eigenvalue weighted by Crippen LogP contribution is -2.27. The second kappa shape index (κ2) is 8.74. The van der Waals surface area contributed by atoms with Crippen molar-refractivity contribution in [3.8, 4) is 5.75 Å². The molecule has 1 aromatic heterocycles. The van der Waals surface area contributed by atoms with Crippen LogP contribution in [0.25, 0.3) is 10.9 Å². The van der Waals surface area contributed by atoms with E-state index in [1.165, 1.54) is 4.41 Å². The van der Waals surface area contributed by atoms with Crippen LogP contribution in [0.2, 0.25) is 5.15 Å². The molecule has 4 aromatic rings. The highest BCUT2D eigenvalue weighted by Crippen LogP contribution is 2.40. The number of methoxy groups -OCH3 is 1. The lowest BCUT2D eigenvalue weighted by atomic mass is 9.99. The molecule has 0 fully saturated rings. The third kappa shape index (κ3) is 4.02. The maximum absolute atomic E-state index is 13.7. The number of sulfonamides is 1. The van der Waals surface area contributed by atoms with Crippen LogP contribution in [-0.2, 0) is 10.0 Å².